The molecular weight excluding hydrogens is 610 g/mol. The first-order valence-corrected chi connectivity index (χ1v) is 16.0. The van der Waals surface area contributed by atoms with Crippen molar-refractivity contribution >= 4 is 40.7 Å². The molecule has 0 radical (unpaired) electrons. The van der Waals surface area contributed by atoms with Gasteiger partial charge in [0.2, 0.25) is 5.91 Å². The average Bonchev–Trinajstić information content (AvgIpc) is 2.99. The van der Waals surface area contributed by atoms with Crippen LogP contribution in [0, 0.1) is 5.92 Å². The van der Waals surface area contributed by atoms with E-state index in [0.29, 0.717) is 47.2 Å². The SMILES string of the molecule is O=C(Cc1cccc(Cl)c1)N1CCOC(CC[N+]23CCC(CC2)CC3Cc2ccccc2)(c2ccc(Cl)c(Cl)c2)C1.[Cl-]. The van der Waals surface area contributed by atoms with Gasteiger partial charge in [-0.2, -0.15) is 0 Å². The van der Waals surface area contributed by atoms with Crippen molar-refractivity contribution in [3.8, 4) is 0 Å². The van der Waals surface area contributed by atoms with Gasteiger partial charge in [-0.3, -0.25) is 4.79 Å². The first kappa shape index (κ1) is 31.6. The summed E-state index contributed by atoms with van der Waals surface area (Å²) < 4.78 is 7.85. The van der Waals surface area contributed by atoms with Crippen LogP contribution in [0.4, 0.5) is 0 Å². The maximum atomic E-state index is 13.6. The van der Waals surface area contributed by atoms with E-state index in [-0.39, 0.29) is 18.3 Å². The molecule has 0 spiro atoms. The number of hydrogen-bond donors (Lipinski definition) is 0. The van der Waals surface area contributed by atoms with Crippen LogP contribution < -0.4 is 12.4 Å². The molecule has 2 bridgehead atoms. The molecule has 2 atom stereocenters. The third-order valence-electron chi connectivity index (χ3n) is 9.85. The zero-order valence-corrected chi connectivity index (χ0v) is 26.8. The molecule has 7 rings (SSSR count). The molecule has 0 N–H and O–H groups in total. The molecule has 42 heavy (non-hydrogen) atoms. The molecule has 4 heterocycles. The van der Waals surface area contributed by atoms with Crippen LogP contribution >= 0.6 is 34.8 Å². The molecule has 8 heteroatoms. The smallest absolute Gasteiger partial charge is 0.227 e. The van der Waals surface area contributed by atoms with Crippen LogP contribution in [-0.2, 0) is 28.0 Å². The van der Waals surface area contributed by atoms with Crippen LogP contribution in [0.15, 0.2) is 72.8 Å². The molecule has 4 aliphatic heterocycles. The van der Waals surface area contributed by atoms with Crippen LogP contribution in [-0.4, -0.2) is 60.7 Å². The lowest BCUT2D eigenvalue weighted by molar-refractivity contribution is -0.966. The Morgan fingerprint density at radius 1 is 0.929 bits per heavy atom. The third-order valence-corrected chi connectivity index (χ3v) is 10.8. The van der Waals surface area contributed by atoms with Gasteiger partial charge in [0, 0.05) is 30.8 Å². The summed E-state index contributed by atoms with van der Waals surface area (Å²) >= 11 is 19.1. The third kappa shape index (κ3) is 6.80. The van der Waals surface area contributed by atoms with Crippen molar-refractivity contribution in [2.75, 3.05) is 39.3 Å². The summed E-state index contributed by atoms with van der Waals surface area (Å²) in [5.41, 5.74) is 2.70. The van der Waals surface area contributed by atoms with Crippen molar-refractivity contribution in [2.24, 2.45) is 5.92 Å². The molecule has 0 aromatic heterocycles. The number of carbonyl (C=O) groups excluding carboxylic acids is 1. The predicted octanol–water partition coefficient (Wildman–Crippen LogP) is 4.58. The van der Waals surface area contributed by atoms with Gasteiger partial charge in [0.15, 0.2) is 0 Å². The monoisotopic (exact) mass is 646 g/mol. The normalized spacial score (nSPS) is 27.0. The van der Waals surface area contributed by atoms with Crippen molar-refractivity contribution in [1.82, 2.24) is 4.90 Å². The molecule has 2 unspecified atom stereocenters. The second kappa shape index (κ2) is 13.5. The van der Waals surface area contributed by atoms with Crippen LogP contribution in [0.2, 0.25) is 15.1 Å². The van der Waals surface area contributed by atoms with Crippen molar-refractivity contribution < 1.29 is 26.4 Å². The van der Waals surface area contributed by atoms with Gasteiger partial charge >= 0.3 is 0 Å². The van der Waals surface area contributed by atoms with Gasteiger partial charge in [-0.1, -0.05) is 83.3 Å². The number of hydrogen-bond acceptors (Lipinski definition) is 2. The van der Waals surface area contributed by atoms with E-state index in [2.05, 4.69) is 30.3 Å². The number of fused-ring (bicyclic) bond motifs is 3. The fraction of sp³-hybridized carbons (Fsp3) is 0.441. The highest BCUT2D eigenvalue weighted by Gasteiger charge is 2.49. The Labute approximate surface area is 270 Å². The van der Waals surface area contributed by atoms with E-state index in [1.54, 1.807) is 0 Å². The second-order valence-corrected chi connectivity index (χ2v) is 13.5. The van der Waals surface area contributed by atoms with E-state index >= 15 is 0 Å². The van der Waals surface area contributed by atoms with E-state index in [9.17, 15) is 4.79 Å². The largest absolute Gasteiger partial charge is 1.00 e. The quantitative estimate of drug-likeness (QED) is 0.335. The minimum absolute atomic E-state index is 0. The minimum Gasteiger partial charge on any atom is -1.00 e. The van der Waals surface area contributed by atoms with Crippen molar-refractivity contribution in [1.29, 1.82) is 0 Å². The molecule has 4 saturated heterocycles. The Hall–Kier alpha value is -1.79. The van der Waals surface area contributed by atoms with Gasteiger partial charge < -0.3 is 26.5 Å². The molecule has 3 aromatic rings. The summed E-state index contributed by atoms with van der Waals surface area (Å²) in [6.45, 7) is 5.00. The Morgan fingerprint density at radius 2 is 1.69 bits per heavy atom. The van der Waals surface area contributed by atoms with Crippen molar-refractivity contribution in [3.63, 3.8) is 0 Å². The van der Waals surface area contributed by atoms with E-state index in [4.69, 9.17) is 39.5 Å². The second-order valence-electron chi connectivity index (χ2n) is 12.3. The lowest BCUT2D eigenvalue weighted by Crippen LogP contribution is -3.00. The highest BCUT2D eigenvalue weighted by molar-refractivity contribution is 6.42. The standard InChI is InChI=1S/C34H38Cl3N2O2.ClH/c35-29-8-4-7-27(19-29)22-33(40)38-14-18-41-34(24-38,28-9-10-31(36)32(37)23-28)13-17-39-15-11-26(12-16-39)21-30(39)20-25-5-2-1-3-6-25;/h1-10,19,23,26,30H,11-18,20-22,24H2;1H/q+1;/p-1. The fourth-order valence-electron chi connectivity index (χ4n) is 7.50. The Morgan fingerprint density at radius 3 is 2.43 bits per heavy atom. The number of piperidine rings is 3. The first-order chi connectivity index (χ1) is 19.8. The molecule has 4 fully saturated rings. The number of amides is 1. The van der Waals surface area contributed by atoms with Gasteiger partial charge in [0.25, 0.3) is 0 Å². The molecule has 0 saturated carbocycles. The van der Waals surface area contributed by atoms with E-state index in [1.807, 2.05) is 47.4 Å². The van der Waals surface area contributed by atoms with Crippen molar-refractivity contribution in [2.45, 2.75) is 50.2 Å². The first-order valence-electron chi connectivity index (χ1n) is 14.9. The number of benzene rings is 3. The molecule has 3 aromatic carbocycles. The minimum atomic E-state index is -0.644. The number of halogens is 4. The summed E-state index contributed by atoms with van der Waals surface area (Å²) in [5.74, 6) is 0.936. The number of nitrogens with zero attached hydrogens (tertiary/aromatic N) is 2. The lowest BCUT2D eigenvalue weighted by atomic mass is 9.77. The Kier molecular flexibility index (Phi) is 10.1. The lowest BCUT2D eigenvalue weighted by Gasteiger charge is -2.56. The van der Waals surface area contributed by atoms with Gasteiger partial charge in [-0.05, 0) is 59.7 Å². The zero-order valence-electron chi connectivity index (χ0n) is 23.8. The summed E-state index contributed by atoms with van der Waals surface area (Å²) in [4.78, 5) is 15.6. The Bertz CT molecular complexity index is 1380. The van der Waals surface area contributed by atoms with Gasteiger partial charge in [-0.25, -0.2) is 0 Å². The van der Waals surface area contributed by atoms with Crippen molar-refractivity contribution in [3.05, 3.63) is 105 Å². The van der Waals surface area contributed by atoms with Gasteiger partial charge in [0.1, 0.15) is 5.60 Å². The molecule has 1 amide bonds. The van der Waals surface area contributed by atoms with E-state index in [1.165, 1.54) is 37.9 Å². The van der Waals surface area contributed by atoms with Crippen LogP contribution in [0.5, 0.6) is 0 Å². The number of carbonyl (C=O) groups is 1. The summed E-state index contributed by atoms with van der Waals surface area (Å²) in [7, 11) is 0. The molecule has 4 aliphatic rings. The summed E-state index contributed by atoms with van der Waals surface area (Å²) in [6.07, 6.45) is 6.15. The predicted molar refractivity (Wildman–Crippen MR) is 167 cm³/mol. The summed E-state index contributed by atoms with van der Waals surface area (Å²) in [6, 6.07) is 24.9. The molecule has 224 valence electrons. The highest BCUT2D eigenvalue weighted by Crippen LogP contribution is 2.43. The Balaban J connectivity index is 0.00000353. The number of ether oxygens (including phenoxy) is 1. The topological polar surface area (TPSA) is 29.5 Å². The fourth-order valence-corrected chi connectivity index (χ4v) is 8.01. The highest BCUT2D eigenvalue weighted by atomic mass is 35.5. The average molecular weight is 649 g/mol. The maximum absolute atomic E-state index is 13.6. The van der Waals surface area contributed by atoms with E-state index < -0.39 is 5.60 Å². The summed E-state index contributed by atoms with van der Waals surface area (Å²) in [5, 5.41) is 1.69. The van der Waals surface area contributed by atoms with Crippen LogP contribution in [0.25, 0.3) is 0 Å². The van der Waals surface area contributed by atoms with Crippen LogP contribution in [0.3, 0.4) is 0 Å². The number of quaternary nitrogens is 1. The van der Waals surface area contributed by atoms with Gasteiger partial charge in [0.05, 0.1) is 55.3 Å². The van der Waals surface area contributed by atoms with E-state index in [0.717, 1.165) is 40.9 Å². The molecule has 0 aliphatic carbocycles. The number of rotatable bonds is 8. The molecular formula is C34H38Cl4N2O2. The zero-order chi connectivity index (χ0) is 28.5. The van der Waals surface area contributed by atoms with Gasteiger partial charge in [-0.15, -0.1) is 0 Å². The van der Waals surface area contributed by atoms with Crippen LogP contribution in [0.1, 0.15) is 42.4 Å². The maximum Gasteiger partial charge on any atom is 0.227 e. The number of morpholine rings is 1. The molecule has 4 nitrogen and oxygen atoms in total.